The first-order valence-corrected chi connectivity index (χ1v) is 4.89. The molecule has 1 heteroatoms. The zero-order valence-corrected chi connectivity index (χ0v) is 9.25. The van der Waals surface area contributed by atoms with E-state index in [1.54, 1.807) is 6.08 Å². The zero-order valence-electron chi connectivity index (χ0n) is 9.25. The maximum absolute atomic E-state index is 9.37. The Kier molecular flexibility index (Phi) is 12.6. The van der Waals surface area contributed by atoms with Gasteiger partial charge in [-0.15, -0.1) is 0 Å². The Morgan fingerprint density at radius 1 is 1.46 bits per heavy atom. The van der Waals surface area contributed by atoms with Crippen LogP contribution in [0.5, 0.6) is 0 Å². The van der Waals surface area contributed by atoms with Crippen molar-refractivity contribution in [1.29, 1.82) is 0 Å². The molecule has 1 unspecified atom stereocenters. The molecule has 76 valence electrons. The lowest BCUT2D eigenvalue weighted by Crippen LogP contribution is -2.05. The standard InChI is InChI=1S/C10H16O.C2H6/c1-4-7-8-9(5-2)10(11)6-3;1-2/h4-5,7-8,10-11H,2,6H2,1,3H3;1-2H3/b7-4-,9-8+;. The molecule has 0 amide bonds. The fourth-order valence-corrected chi connectivity index (χ4v) is 0.758. The van der Waals surface area contributed by atoms with E-state index in [2.05, 4.69) is 6.58 Å². The number of hydrogen-bond donors (Lipinski definition) is 1. The predicted molar refractivity (Wildman–Crippen MR) is 60.7 cm³/mol. The minimum atomic E-state index is -0.372. The molecule has 0 aromatic heterocycles. The molecule has 0 bridgehead atoms. The van der Waals surface area contributed by atoms with E-state index in [0.717, 1.165) is 12.0 Å². The van der Waals surface area contributed by atoms with Crippen molar-refractivity contribution in [3.8, 4) is 0 Å². The summed E-state index contributed by atoms with van der Waals surface area (Å²) in [5.74, 6) is 0. The van der Waals surface area contributed by atoms with Crippen LogP contribution in [0.15, 0.2) is 36.5 Å². The number of aliphatic hydroxyl groups excluding tert-OH is 1. The third-order valence-corrected chi connectivity index (χ3v) is 1.49. The van der Waals surface area contributed by atoms with Crippen molar-refractivity contribution in [3.63, 3.8) is 0 Å². The van der Waals surface area contributed by atoms with Crippen molar-refractivity contribution >= 4 is 0 Å². The summed E-state index contributed by atoms with van der Waals surface area (Å²) in [6.45, 7) is 11.5. The third-order valence-electron chi connectivity index (χ3n) is 1.49. The van der Waals surface area contributed by atoms with Gasteiger partial charge in [0, 0.05) is 0 Å². The first kappa shape index (κ1) is 14.7. The third kappa shape index (κ3) is 7.54. The number of rotatable bonds is 4. The van der Waals surface area contributed by atoms with E-state index in [1.165, 1.54) is 0 Å². The van der Waals surface area contributed by atoms with E-state index in [4.69, 9.17) is 0 Å². The van der Waals surface area contributed by atoms with Crippen LogP contribution in [0.2, 0.25) is 0 Å². The van der Waals surface area contributed by atoms with E-state index in [-0.39, 0.29) is 6.10 Å². The van der Waals surface area contributed by atoms with Crippen molar-refractivity contribution in [1.82, 2.24) is 0 Å². The van der Waals surface area contributed by atoms with Crippen LogP contribution in [0.3, 0.4) is 0 Å². The smallest absolute Gasteiger partial charge is 0.0787 e. The van der Waals surface area contributed by atoms with Gasteiger partial charge in [-0.3, -0.25) is 0 Å². The van der Waals surface area contributed by atoms with E-state index in [0.29, 0.717) is 0 Å². The monoisotopic (exact) mass is 182 g/mol. The Labute approximate surface area is 82.5 Å². The van der Waals surface area contributed by atoms with Gasteiger partial charge < -0.3 is 5.11 Å². The molecule has 0 aliphatic carbocycles. The molecule has 0 radical (unpaired) electrons. The second-order valence-electron chi connectivity index (χ2n) is 2.32. The molecule has 0 heterocycles. The summed E-state index contributed by atoms with van der Waals surface area (Å²) < 4.78 is 0. The van der Waals surface area contributed by atoms with Crippen LogP contribution in [0.25, 0.3) is 0 Å². The van der Waals surface area contributed by atoms with Gasteiger partial charge >= 0.3 is 0 Å². The van der Waals surface area contributed by atoms with Crippen LogP contribution in [0.4, 0.5) is 0 Å². The zero-order chi connectivity index (χ0) is 10.7. The summed E-state index contributed by atoms with van der Waals surface area (Å²) >= 11 is 0. The first-order chi connectivity index (χ1) is 6.26. The number of aliphatic hydroxyl groups is 1. The molecule has 0 aliphatic rings. The van der Waals surface area contributed by atoms with Crippen LogP contribution in [0, 0.1) is 0 Å². The van der Waals surface area contributed by atoms with Gasteiger partial charge in [-0.2, -0.15) is 0 Å². The minimum absolute atomic E-state index is 0.372. The highest BCUT2D eigenvalue weighted by Crippen LogP contribution is 2.06. The van der Waals surface area contributed by atoms with E-state index < -0.39 is 0 Å². The summed E-state index contributed by atoms with van der Waals surface area (Å²) in [5, 5.41) is 9.37. The lowest BCUT2D eigenvalue weighted by atomic mass is 10.1. The lowest BCUT2D eigenvalue weighted by Gasteiger charge is -2.06. The Balaban J connectivity index is 0. The molecule has 0 saturated heterocycles. The molecule has 1 N–H and O–H groups in total. The maximum Gasteiger partial charge on any atom is 0.0787 e. The maximum atomic E-state index is 9.37. The van der Waals surface area contributed by atoms with Gasteiger partial charge in [0.15, 0.2) is 0 Å². The molecule has 1 atom stereocenters. The lowest BCUT2D eigenvalue weighted by molar-refractivity contribution is 0.210. The molecule has 0 rings (SSSR count). The first-order valence-electron chi connectivity index (χ1n) is 4.89. The molecule has 0 aromatic rings. The minimum Gasteiger partial charge on any atom is -0.388 e. The molecule has 0 fully saturated rings. The van der Waals surface area contributed by atoms with Gasteiger partial charge in [-0.05, 0) is 18.9 Å². The number of hydrogen-bond acceptors (Lipinski definition) is 1. The molecule has 1 nitrogen and oxygen atoms in total. The van der Waals surface area contributed by atoms with Crippen LogP contribution < -0.4 is 0 Å². The largest absolute Gasteiger partial charge is 0.388 e. The highest BCUT2D eigenvalue weighted by molar-refractivity contribution is 5.25. The molecule has 0 spiro atoms. The van der Waals surface area contributed by atoms with Crippen LogP contribution in [-0.2, 0) is 0 Å². The van der Waals surface area contributed by atoms with Crippen molar-refractivity contribution < 1.29 is 5.11 Å². The van der Waals surface area contributed by atoms with E-state index in [1.807, 2.05) is 45.9 Å². The summed E-state index contributed by atoms with van der Waals surface area (Å²) in [6, 6.07) is 0. The second kappa shape index (κ2) is 11.2. The van der Waals surface area contributed by atoms with Gasteiger partial charge in [0.1, 0.15) is 0 Å². The van der Waals surface area contributed by atoms with Gasteiger partial charge in [-0.25, -0.2) is 0 Å². The molecular formula is C12H22O. The Morgan fingerprint density at radius 2 is 2.00 bits per heavy atom. The summed E-state index contributed by atoms with van der Waals surface area (Å²) in [7, 11) is 0. The number of allylic oxidation sites excluding steroid dienone is 3. The van der Waals surface area contributed by atoms with Crippen molar-refractivity contribution in [3.05, 3.63) is 36.5 Å². The van der Waals surface area contributed by atoms with Gasteiger partial charge in [0.25, 0.3) is 0 Å². The van der Waals surface area contributed by atoms with Gasteiger partial charge in [-0.1, -0.05) is 51.7 Å². The Bertz CT molecular complexity index is 166. The normalized spacial score (nSPS) is 13.5. The summed E-state index contributed by atoms with van der Waals surface area (Å²) in [5.41, 5.74) is 0.880. The molecule has 0 aliphatic heterocycles. The van der Waals surface area contributed by atoms with E-state index in [9.17, 15) is 5.11 Å². The molecule has 13 heavy (non-hydrogen) atoms. The van der Waals surface area contributed by atoms with E-state index >= 15 is 0 Å². The Morgan fingerprint density at radius 3 is 2.31 bits per heavy atom. The average Bonchev–Trinajstić information content (AvgIpc) is 2.21. The van der Waals surface area contributed by atoms with Crippen LogP contribution in [-0.4, -0.2) is 11.2 Å². The van der Waals surface area contributed by atoms with Gasteiger partial charge in [0.05, 0.1) is 6.10 Å². The molecule has 0 saturated carbocycles. The predicted octanol–water partition coefficient (Wildman–Crippen LogP) is 3.47. The van der Waals surface area contributed by atoms with Crippen molar-refractivity contribution in [2.45, 2.75) is 40.2 Å². The Hall–Kier alpha value is -0.820. The van der Waals surface area contributed by atoms with Crippen molar-refractivity contribution in [2.75, 3.05) is 0 Å². The van der Waals surface area contributed by atoms with Crippen molar-refractivity contribution in [2.24, 2.45) is 0 Å². The molecule has 0 aromatic carbocycles. The fourth-order valence-electron chi connectivity index (χ4n) is 0.758. The SMILES string of the molecule is C=C/C(=C\C=C/C)C(O)CC.CC. The summed E-state index contributed by atoms with van der Waals surface area (Å²) in [4.78, 5) is 0. The topological polar surface area (TPSA) is 20.2 Å². The highest BCUT2D eigenvalue weighted by atomic mass is 16.3. The summed E-state index contributed by atoms with van der Waals surface area (Å²) in [6.07, 6.45) is 7.75. The fraction of sp³-hybridized carbons (Fsp3) is 0.500. The highest BCUT2D eigenvalue weighted by Gasteiger charge is 2.01. The van der Waals surface area contributed by atoms with Crippen LogP contribution in [0.1, 0.15) is 34.1 Å². The quantitative estimate of drug-likeness (QED) is 0.660. The van der Waals surface area contributed by atoms with Crippen LogP contribution >= 0.6 is 0 Å². The van der Waals surface area contributed by atoms with Gasteiger partial charge in [0.2, 0.25) is 0 Å². The molecular weight excluding hydrogens is 160 g/mol. The second-order valence-corrected chi connectivity index (χ2v) is 2.32. The average molecular weight is 182 g/mol.